The smallest absolute Gasteiger partial charge is 0.274 e. The highest BCUT2D eigenvalue weighted by molar-refractivity contribution is 7.18. The van der Waals surface area contributed by atoms with Crippen LogP contribution in [0.25, 0.3) is 10.6 Å². The van der Waals surface area contributed by atoms with Crippen molar-refractivity contribution < 1.29 is 14.3 Å². The summed E-state index contributed by atoms with van der Waals surface area (Å²) in [6, 6.07) is 16.8. The number of likely N-dealkylation sites (N-methyl/N-ethyl adjacent to an activating group) is 1. The van der Waals surface area contributed by atoms with Crippen molar-refractivity contribution in [1.82, 2.24) is 15.1 Å². The molecule has 1 saturated heterocycles. The van der Waals surface area contributed by atoms with Crippen LogP contribution in [0.3, 0.4) is 0 Å². The van der Waals surface area contributed by atoms with Gasteiger partial charge in [-0.1, -0.05) is 60.4 Å². The fraction of sp³-hybridized carbons (Fsp3) is 0.310. The predicted octanol–water partition coefficient (Wildman–Crippen LogP) is 3.75. The molecular weight excluding hydrogens is 526 g/mol. The molecule has 10 nitrogen and oxygen atoms in total. The van der Waals surface area contributed by atoms with Gasteiger partial charge in [0, 0.05) is 50.1 Å². The number of rotatable bonds is 12. The van der Waals surface area contributed by atoms with Gasteiger partial charge in [-0.3, -0.25) is 4.79 Å². The van der Waals surface area contributed by atoms with Crippen LogP contribution in [0.15, 0.2) is 83.6 Å². The summed E-state index contributed by atoms with van der Waals surface area (Å²) in [5, 5.41) is 13.3. The van der Waals surface area contributed by atoms with Crippen molar-refractivity contribution >= 4 is 33.9 Å². The highest BCUT2D eigenvalue weighted by Gasteiger charge is 2.20. The lowest BCUT2D eigenvalue weighted by Crippen LogP contribution is -2.36. The maximum atomic E-state index is 13.7. The number of methoxy groups -OCH3 is 1. The molecule has 2 heterocycles. The number of para-hydroxylation sites is 1. The molecule has 40 heavy (non-hydrogen) atoms. The molecule has 2 aromatic carbocycles. The normalized spacial score (nSPS) is 14.2. The van der Waals surface area contributed by atoms with E-state index in [2.05, 4.69) is 32.0 Å². The van der Waals surface area contributed by atoms with Crippen molar-refractivity contribution in [3.63, 3.8) is 0 Å². The lowest BCUT2D eigenvalue weighted by molar-refractivity contribution is -0.112. The van der Waals surface area contributed by atoms with Gasteiger partial charge in [0.1, 0.15) is 11.5 Å². The summed E-state index contributed by atoms with van der Waals surface area (Å²) in [5.74, 6) is -0.199. The van der Waals surface area contributed by atoms with E-state index < -0.39 is 5.91 Å². The highest BCUT2D eigenvalue weighted by atomic mass is 32.1. The van der Waals surface area contributed by atoms with Crippen molar-refractivity contribution in [2.75, 3.05) is 63.3 Å². The number of carbonyl (C=O) groups is 1. The Bertz CT molecular complexity index is 1350. The van der Waals surface area contributed by atoms with Crippen LogP contribution >= 0.6 is 11.3 Å². The topological polar surface area (TPSA) is 118 Å². The number of nitrogens with one attached hydrogen (secondary N) is 1. The number of morpholine rings is 1. The largest absolute Gasteiger partial charge is 0.383 e. The number of aliphatic imine (C=N–C) groups is 1. The Balaban J connectivity index is 1.63. The number of nitrogens with two attached hydrogens (primary N) is 1. The average molecular weight is 562 g/mol. The standard InChI is InChI=1S/C29H35N7O3S/c1-4-35(14-17-38-3)21(2)20-25(31-26(30)22-10-6-5-7-11-22)27(37)32-24-13-9-8-12-23(24)28-33-34-29(40-28)36-15-18-39-19-16-36/h5-13,20H,2,4,14-19H2,1,3H3,(H2,30,31)(H,32,37)/b25-20-. The number of allylic oxidation sites excluding steroid dienone is 1. The second-order valence-corrected chi connectivity index (χ2v) is 9.90. The number of anilines is 2. The number of ether oxygens (including phenoxy) is 2. The molecule has 0 aliphatic carbocycles. The summed E-state index contributed by atoms with van der Waals surface area (Å²) in [5.41, 5.74) is 9.14. The minimum absolute atomic E-state index is 0.128. The highest BCUT2D eigenvalue weighted by Crippen LogP contribution is 2.34. The third-order valence-corrected chi connectivity index (χ3v) is 7.32. The van der Waals surface area contributed by atoms with Crippen molar-refractivity contribution in [2.24, 2.45) is 10.7 Å². The van der Waals surface area contributed by atoms with Crippen molar-refractivity contribution in [1.29, 1.82) is 0 Å². The minimum Gasteiger partial charge on any atom is -0.383 e. The van der Waals surface area contributed by atoms with E-state index in [-0.39, 0.29) is 11.5 Å². The molecule has 11 heteroatoms. The van der Waals surface area contributed by atoms with Crippen LogP contribution < -0.4 is 16.0 Å². The Labute approximate surface area is 238 Å². The zero-order chi connectivity index (χ0) is 28.3. The summed E-state index contributed by atoms with van der Waals surface area (Å²) in [7, 11) is 1.65. The first kappa shape index (κ1) is 28.9. The lowest BCUT2D eigenvalue weighted by atomic mass is 10.1. The molecule has 0 unspecified atom stereocenters. The van der Waals surface area contributed by atoms with Gasteiger partial charge in [-0.2, -0.15) is 0 Å². The van der Waals surface area contributed by atoms with Crippen LogP contribution in [0.5, 0.6) is 0 Å². The van der Waals surface area contributed by atoms with E-state index in [1.807, 2.05) is 66.4 Å². The maximum absolute atomic E-state index is 13.7. The summed E-state index contributed by atoms with van der Waals surface area (Å²) >= 11 is 1.48. The molecule has 1 aliphatic heterocycles. The maximum Gasteiger partial charge on any atom is 0.274 e. The number of hydrogen-bond acceptors (Lipinski definition) is 9. The number of hydrogen-bond donors (Lipinski definition) is 2. The first-order valence-corrected chi connectivity index (χ1v) is 13.9. The van der Waals surface area contributed by atoms with E-state index in [9.17, 15) is 4.79 Å². The van der Waals surface area contributed by atoms with Gasteiger partial charge >= 0.3 is 0 Å². The van der Waals surface area contributed by atoms with Crippen LogP contribution in [0.4, 0.5) is 10.8 Å². The van der Waals surface area contributed by atoms with E-state index in [0.29, 0.717) is 54.9 Å². The third kappa shape index (κ3) is 7.53. The second kappa shape index (κ2) is 14.4. The summed E-state index contributed by atoms with van der Waals surface area (Å²) < 4.78 is 10.7. The predicted molar refractivity (Wildman–Crippen MR) is 161 cm³/mol. The van der Waals surface area contributed by atoms with Crippen LogP contribution in [-0.2, 0) is 14.3 Å². The van der Waals surface area contributed by atoms with Crippen LogP contribution in [0.2, 0.25) is 0 Å². The molecule has 1 aliphatic rings. The zero-order valence-corrected chi connectivity index (χ0v) is 23.7. The monoisotopic (exact) mass is 561 g/mol. The number of nitrogens with zero attached hydrogens (tertiary/aromatic N) is 5. The molecule has 0 saturated carbocycles. The summed E-state index contributed by atoms with van der Waals surface area (Å²) in [6.45, 7) is 10.9. The molecule has 0 atom stereocenters. The Morgan fingerprint density at radius 3 is 2.65 bits per heavy atom. The van der Waals surface area contributed by atoms with E-state index >= 15 is 0 Å². The Morgan fingerprint density at radius 1 is 1.20 bits per heavy atom. The van der Waals surface area contributed by atoms with Gasteiger partial charge in [-0.05, 0) is 25.1 Å². The fourth-order valence-electron chi connectivity index (χ4n) is 4.08. The van der Waals surface area contributed by atoms with Crippen molar-refractivity contribution in [3.8, 4) is 10.6 Å². The summed E-state index contributed by atoms with van der Waals surface area (Å²) in [4.78, 5) is 22.4. The average Bonchev–Trinajstić information content (AvgIpc) is 3.48. The number of amidine groups is 1. The summed E-state index contributed by atoms with van der Waals surface area (Å²) in [6.07, 6.45) is 1.65. The van der Waals surface area contributed by atoms with Crippen molar-refractivity contribution in [3.05, 3.63) is 84.2 Å². The first-order valence-electron chi connectivity index (χ1n) is 13.1. The molecule has 0 bridgehead atoms. The molecule has 0 spiro atoms. The number of aromatic nitrogens is 2. The number of benzene rings is 2. The molecule has 0 radical (unpaired) electrons. The third-order valence-electron chi connectivity index (χ3n) is 6.30. The molecule has 1 fully saturated rings. The number of amides is 1. The van der Waals surface area contributed by atoms with E-state index in [0.717, 1.165) is 23.8 Å². The second-order valence-electron chi connectivity index (χ2n) is 8.95. The van der Waals surface area contributed by atoms with Gasteiger partial charge in [0.25, 0.3) is 5.91 Å². The van der Waals surface area contributed by atoms with Gasteiger partial charge < -0.3 is 30.3 Å². The Kier molecular flexibility index (Phi) is 10.4. The van der Waals surface area contributed by atoms with Gasteiger partial charge in [-0.15, -0.1) is 10.2 Å². The SMILES string of the molecule is C=C(/C=C(\N=C(/N)c1ccccc1)C(=O)Nc1ccccc1-c1nnc(N2CCOCC2)s1)N(CC)CCOC. The Hall–Kier alpha value is -4.06. The van der Waals surface area contributed by atoms with E-state index in [1.165, 1.54) is 11.3 Å². The molecule has 1 amide bonds. The molecular formula is C29H35N7O3S. The van der Waals surface area contributed by atoms with Gasteiger partial charge in [0.05, 0.1) is 25.5 Å². The molecule has 3 N–H and O–H groups in total. The molecule has 3 aromatic rings. The number of carbonyl (C=O) groups excluding carboxylic acids is 1. The van der Waals surface area contributed by atoms with Crippen LogP contribution in [-0.4, -0.2) is 79.9 Å². The lowest BCUT2D eigenvalue weighted by Gasteiger charge is -2.25. The zero-order valence-electron chi connectivity index (χ0n) is 22.9. The van der Waals surface area contributed by atoms with E-state index in [4.69, 9.17) is 15.2 Å². The van der Waals surface area contributed by atoms with Crippen LogP contribution in [0, 0.1) is 0 Å². The van der Waals surface area contributed by atoms with Gasteiger partial charge in [0.15, 0.2) is 5.01 Å². The van der Waals surface area contributed by atoms with Gasteiger partial charge in [0.2, 0.25) is 5.13 Å². The molecule has 1 aromatic heterocycles. The van der Waals surface area contributed by atoms with Crippen molar-refractivity contribution in [2.45, 2.75) is 6.92 Å². The van der Waals surface area contributed by atoms with Gasteiger partial charge in [-0.25, -0.2) is 4.99 Å². The Morgan fingerprint density at radius 2 is 1.93 bits per heavy atom. The van der Waals surface area contributed by atoms with E-state index in [1.54, 1.807) is 13.2 Å². The first-order chi connectivity index (χ1) is 19.5. The minimum atomic E-state index is -0.423. The fourth-order valence-corrected chi connectivity index (χ4v) is 5.01. The quantitative estimate of drug-likeness (QED) is 0.149. The molecule has 210 valence electrons. The van der Waals surface area contributed by atoms with Crippen LogP contribution in [0.1, 0.15) is 12.5 Å². The molecule has 4 rings (SSSR count).